The zero-order valence-corrected chi connectivity index (χ0v) is 22.3. The molecule has 166 valence electrons. The second kappa shape index (κ2) is 10.4. The molecule has 0 aliphatic carbocycles. The Bertz CT molecular complexity index is 470. The first kappa shape index (κ1) is 26.1. The maximum atomic E-state index is 6.88. The Kier molecular flexibility index (Phi) is 9.68. The molecule has 0 amide bonds. The summed E-state index contributed by atoms with van der Waals surface area (Å²) in [6.07, 6.45) is 4.09. The highest BCUT2D eigenvalue weighted by molar-refractivity contribution is 6.74. The number of ether oxygens (including phenoxy) is 1. The lowest BCUT2D eigenvalue weighted by atomic mass is 9.93. The SMILES string of the molecule is C=C[C@@H](O[Si](CC)(CC)CC)[C@]1(C)CC[C@@H](C(C)(C)O[Si](CC)(CC)CC)O1. The molecule has 1 heterocycles. The summed E-state index contributed by atoms with van der Waals surface area (Å²) in [5.41, 5.74) is -0.563. The van der Waals surface area contributed by atoms with Crippen molar-refractivity contribution in [3.05, 3.63) is 12.7 Å². The molecule has 0 aromatic rings. The van der Waals surface area contributed by atoms with E-state index in [0.29, 0.717) is 0 Å². The molecule has 0 aromatic carbocycles. The van der Waals surface area contributed by atoms with E-state index in [1.807, 2.05) is 6.08 Å². The summed E-state index contributed by atoms with van der Waals surface area (Å²) in [4.78, 5) is 0. The van der Waals surface area contributed by atoms with Gasteiger partial charge < -0.3 is 13.6 Å². The molecule has 0 saturated carbocycles. The molecule has 0 bridgehead atoms. The fraction of sp³-hybridized carbons (Fsp3) is 0.913. The van der Waals surface area contributed by atoms with E-state index in [0.717, 1.165) is 31.0 Å². The molecule has 5 heteroatoms. The minimum atomic E-state index is -1.72. The highest BCUT2D eigenvalue weighted by Crippen LogP contribution is 2.43. The molecule has 0 spiro atoms. The van der Waals surface area contributed by atoms with E-state index in [1.54, 1.807) is 0 Å². The first-order valence-electron chi connectivity index (χ1n) is 11.7. The summed E-state index contributed by atoms with van der Waals surface area (Å²) in [6.45, 7) is 24.5. The van der Waals surface area contributed by atoms with Crippen molar-refractivity contribution in [1.82, 2.24) is 0 Å². The van der Waals surface area contributed by atoms with Crippen LogP contribution in [0.15, 0.2) is 12.7 Å². The van der Waals surface area contributed by atoms with Gasteiger partial charge in [0.1, 0.15) is 0 Å². The minimum Gasteiger partial charge on any atom is -0.409 e. The van der Waals surface area contributed by atoms with Crippen LogP contribution in [0.3, 0.4) is 0 Å². The lowest BCUT2D eigenvalue weighted by Gasteiger charge is -2.43. The number of hydrogen-bond acceptors (Lipinski definition) is 3. The predicted molar refractivity (Wildman–Crippen MR) is 127 cm³/mol. The molecule has 28 heavy (non-hydrogen) atoms. The van der Waals surface area contributed by atoms with Gasteiger partial charge in [-0.1, -0.05) is 47.6 Å². The van der Waals surface area contributed by atoms with Crippen molar-refractivity contribution < 1.29 is 13.6 Å². The normalized spacial score (nSPS) is 25.1. The van der Waals surface area contributed by atoms with E-state index in [-0.39, 0.29) is 23.4 Å². The van der Waals surface area contributed by atoms with Crippen LogP contribution < -0.4 is 0 Å². The first-order valence-corrected chi connectivity index (χ1v) is 16.8. The van der Waals surface area contributed by atoms with Crippen LogP contribution in [0, 0.1) is 0 Å². The van der Waals surface area contributed by atoms with E-state index < -0.39 is 16.6 Å². The van der Waals surface area contributed by atoms with Crippen molar-refractivity contribution in [2.75, 3.05) is 0 Å². The largest absolute Gasteiger partial charge is 0.409 e. The van der Waals surface area contributed by atoms with E-state index in [4.69, 9.17) is 13.6 Å². The quantitative estimate of drug-likeness (QED) is 0.227. The number of hydrogen-bond donors (Lipinski definition) is 0. The third-order valence-corrected chi connectivity index (χ3v) is 17.1. The van der Waals surface area contributed by atoms with Crippen molar-refractivity contribution in [3.63, 3.8) is 0 Å². The van der Waals surface area contributed by atoms with Crippen LogP contribution >= 0.6 is 0 Å². The van der Waals surface area contributed by atoms with Crippen LogP contribution in [-0.2, 0) is 13.6 Å². The third kappa shape index (κ3) is 5.60. The van der Waals surface area contributed by atoms with Crippen LogP contribution in [0.1, 0.15) is 75.2 Å². The summed E-state index contributed by atoms with van der Waals surface area (Å²) in [5.74, 6) is 0. The summed E-state index contributed by atoms with van der Waals surface area (Å²) < 4.78 is 20.4. The van der Waals surface area contributed by atoms with Gasteiger partial charge in [-0.05, 0) is 69.9 Å². The molecular formula is C23H48O3Si2. The van der Waals surface area contributed by atoms with Crippen molar-refractivity contribution in [1.29, 1.82) is 0 Å². The molecule has 1 rings (SSSR count). The summed E-state index contributed by atoms with van der Waals surface area (Å²) in [6, 6.07) is 6.96. The van der Waals surface area contributed by atoms with E-state index in [2.05, 4.69) is 68.9 Å². The summed E-state index contributed by atoms with van der Waals surface area (Å²) in [7, 11) is -3.40. The molecule has 0 aromatic heterocycles. The maximum absolute atomic E-state index is 6.88. The van der Waals surface area contributed by atoms with Crippen molar-refractivity contribution >= 4 is 16.6 Å². The van der Waals surface area contributed by atoms with Gasteiger partial charge in [-0.25, -0.2) is 0 Å². The Morgan fingerprint density at radius 3 is 1.86 bits per heavy atom. The Hall–Kier alpha value is 0.0538. The maximum Gasteiger partial charge on any atom is 0.193 e. The fourth-order valence-corrected chi connectivity index (χ4v) is 10.9. The Labute approximate surface area is 177 Å². The van der Waals surface area contributed by atoms with Crippen LogP contribution in [-0.4, -0.2) is 40.0 Å². The van der Waals surface area contributed by atoms with Gasteiger partial charge in [0.05, 0.1) is 23.4 Å². The third-order valence-electron chi connectivity index (χ3n) is 7.63. The molecule has 3 atom stereocenters. The van der Waals surface area contributed by atoms with Crippen molar-refractivity contribution in [2.24, 2.45) is 0 Å². The van der Waals surface area contributed by atoms with Gasteiger partial charge in [0.15, 0.2) is 16.6 Å². The second-order valence-electron chi connectivity index (χ2n) is 9.42. The smallest absolute Gasteiger partial charge is 0.193 e. The van der Waals surface area contributed by atoms with Crippen molar-refractivity contribution in [3.8, 4) is 0 Å². The topological polar surface area (TPSA) is 27.7 Å². The lowest BCUT2D eigenvalue weighted by molar-refractivity contribution is -0.135. The van der Waals surface area contributed by atoms with E-state index in [9.17, 15) is 0 Å². The Morgan fingerprint density at radius 1 is 1.00 bits per heavy atom. The zero-order chi connectivity index (χ0) is 21.6. The average molecular weight is 429 g/mol. The highest BCUT2D eigenvalue weighted by Gasteiger charge is 2.50. The number of rotatable bonds is 13. The monoisotopic (exact) mass is 428 g/mol. The van der Waals surface area contributed by atoms with Gasteiger partial charge in [-0.15, -0.1) is 6.58 Å². The Morgan fingerprint density at radius 2 is 1.46 bits per heavy atom. The van der Waals surface area contributed by atoms with Crippen LogP contribution in [0.25, 0.3) is 0 Å². The molecule has 0 radical (unpaired) electrons. The highest BCUT2D eigenvalue weighted by atomic mass is 28.4. The Balaban J connectivity index is 2.98. The van der Waals surface area contributed by atoms with Crippen LogP contribution in [0.2, 0.25) is 36.3 Å². The molecule has 1 fully saturated rings. The lowest BCUT2D eigenvalue weighted by Crippen LogP contribution is -2.52. The predicted octanol–water partition coefficient (Wildman–Crippen LogP) is 7.30. The molecule has 1 aliphatic heterocycles. The molecular weight excluding hydrogens is 380 g/mol. The van der Waals surface area contributed by atoms with Crippen LogP contribution in [0.5, 0.6) is 0 Å². The summed E-state index contributed by atoms with van der Waals surface area (Å²) in [5, 5.41) is 0. The fourth-order valence-electron chi connectivity index (χ4n) is 4.84. The minimum absolute atomic E-state index is 0.0367. The molecule has 0 unspecified atom stereocenters. The first-order chi connectivity index (χ1) is 13.0. The summed E-state index contributed by atoms with van der Waals surface area (Å²) >= 11 is 0. The zero-order valence-electron chi connectivity index (χ0n) is 20.3. The van der Waals surface area contributed by atoms with Gasteiger partial charge in [-0.2, -0.15) is 0 Å². The molecule has 1 saturated heterocycles. The van der Waals surface area contributed by atoms with E-state index >= 15 is 0 Å². The molecule has 0 N–H and O–H groups in total. The van der Waals surface area contributed by atoms with Gasteiger partial charge in [0.25, 0.3) is 0 Å². The average Bonchev–Trinajstić information content (AvgIpc) is 3.12. The molecule has 1 aliphatic rings. The standard InChI is InChI=1S/C23H48O3Si2/c1-11-20(25-27(12-2,13-3)14-4)23(10)19-18-21(24-23)22(8,9)26-28(15-5,16-6)17-7/h11,20-21H,1,12-19H2,2-10H3/t20-,21+,23+/m1/s1. The van der Waals surface area contributed by atoms with Gasteiger partial charge >= 0.3 is 0 Å². The van der Waals surface area contributed by atoms with Gasteiger partial charge in [0.2, 0.25) is 0 Å². The van der Waals surface area contributed by atoms with E-state index in [1.165, 1.54) is 18.1 Å². The molecule has 3 nitrogen and oxygen atoms in total. The van der Waals surface area contributed by atoms with Crippen molar-refractivity contribution in [2.45, 2.75) is 135 Å². The van der Waals surface area contributed by atoms with Crippen LogP contribution in [0.4, 0.5) is 0 Å². The van der Waals surface area contributed by atoms with Gasteiger partial charge in [-0.3, -0.25) is 0 Å². The van der Waals surface area contributed by atoms with Gasteiger partial charge in [0, 0.05) is 0 Å². The second-order valence-corrected chi connectivity index (χ2v) is 18.8.